The van der Waals surface area contributed by atoms with Crippen LogP contribution in [-0.4, -0.2) is 37.1 Å². The molecule has 180 valence electrons. The van der Waals surface area contributed by atoms with Crippen molar-refractivity contribution < 1.29 is 19.0 Å². The maximum absolute atomic E-state index is 13.7. The van der Waals surface area contributed by atoms with E-state index in [9.17, 15) is 9.18 Å². The monoisotopic (exact) mass is 494 g/mol. The van der Waals surface area contributed by atoms with Gasteiger partial charge in [0.25, 0.3) is 0 Å². The summed E-state index contributed by atoms with van der Waals surface area (Å²) in [5, 5.41) is 9.02. The van der Waals surface area contributed by atoms with E-state index in [0.29, 0.717) is 22.7 Å². The number of pyridine rings is 2. The second-order valence-corrected chi connectivity index (χ2v) is 9.41. The number of carboxylic acids is 1. The third-order valence-electron chi connectivity index (χ3n) is 6.42. The fourth-order valence-corrected chi connectivity index (χ4v) is 4.69. The summed E-state index contributed by atoms with van der Waals surface area (Å²) >= 11 is 5.86. The summed E-state index contributed by atoms with van der Waals surface area (Å²) in [6.07, 6.45) is 7.13. The Hall–Kier alpha value is -3.52. The Morgan fingerprint density at radius 1 is 1.14 bits per heavy atom. The van der Waals surface area contributed by atoms with Gasteiger partial charge in [0, 0.05) is 41.6 Å². The average molecular weight is 495 g/mol. The first kappa shape index (κ1) is 23.2. The number of carboxylic acid groups (broad SMARTS) is 1. The van der Waals surface area contributed by atoms with E-state index in [1.165, 1.54) is 12.1 Å². The van der Waals surface area contributed by atoms with E-state index in [1.807, 2.05) is 25.1 Å². The number of fused-ring (bicyclic) bond motifs is 1. The lowest BCUT2D eigenvalue weighted by Gasteiger charge is -2.28. The van der Waals surface area contributed by atoms with Crippen LogP contribution in [0.1, 0.15) is 37.7 Å². The molecular formula is C26H24ClFN4O3. The molecule has 0 spiro atoms. The van der Waals surface area contributed by atoms with Crippen LogP contribution >= 0.6 is 11.6 Å². The molecule has 35 heavy (non-hydrogen) atoms. The molecule has 1 aliphatic carbocycles. The molecule has 0 unspecified atom stereocenters. The van der Waals surface area contributed by atoms with Crippen molar-refractivity contribution in [3.8, 4) is 28.5 Å². The van der Waals surface area contributed by atoms with Crippen LogP contribution in [0.2, 0.25) is 5.02 Å². The summed E-state index contributed by atoms with van der Waals surface area (Å²) in [5.41, 5.74) is 4.46. The van der Waals surface area contributed by atoms with E-state index in [4.69, 9.17) is 21.4 Å². The number of ether oxygens (including phenoxy) is 1. The smallest absolute Gasteiger partial charge is 0.303 e. The number of aromatic nitrogens is 4. The first-order chi connectivity index (χ1) is 16.9. The van der Waals surface area contributed by atoms with Gasteiger partial charge in [0.05, 0.1) is 21.7 Å². The lowest BCUT2D eigenvalue weighted by molar-refractivity contribution is -0.138. The molecule has 3 aromatic heterocycles. The summed E-state index contributed by atoms with van der Waals surface area (Å²) in [6.45, 7) is 1.95. The van der Waals surface area contributed by atoms with Gasteiger partial charge in [-0.25, -0.2) is 14.4 Å². The molecule has 1 fully saturated rings. The maximum Gasteiger partial charge on any atom is 0.303 e. The van der Waals surface area contributed by atoms with Crippen LogP contribution in [0.4, 0.5) is 4.39 Å². The number of aliphatic carboxylic acids is 1. The predicted octanol–water partition coefficient (Wildman–Crippen LogP) is 6.20. The van der Waals surface area contributed by atoms with E-state index in [0.717, 1.165) is 48.1 Å². The fraction of sp³-hybridized carbons (Fsp3) is 0.308. The Labute approximate surface area is 206 Å². The fourth-order valence-electron chi connectivity index (χ4n) is 4.53. The lowest BCUT2D eigenvalue weighted by atomic mass is 9.85. The molecule has 1 saturated carbocycles. The molecule has 1 aromatic carbocycles. The van der Waals surface area contributed by atoms with Gasteiger partial charge < -0.3 is 14.8 Å². The minimum atomic E-state index is -0.734. The molecule has 0 amide bonds. The summed E-state index contributed by atoms with van der Waals surface area (Å²) in [5.74, 6) is 0.169. The number of benzene rings is 1. The molecule has 4 aromatic rings. The van der Waals surface area contributed by atoms with Crippen LogP contribution in [0.15, 0.2) is 42.7 Å². The van der Waals surface area contributed by atoms with Gasteiger partial charge in [-0.3, -0.25) is 9.78 Å². The van der Waals surface area contributed by atoms with E-state index in [-0.39, 0.29) is 23.5 Å². The second-order valence-electron chi connectivity index (χ2n) is 9.01. The zero-order chi connectivity index (χ0) is 24.5. The molecule has 7 nitrogen and oxygen atoms in total. The minimum absolute atomic E-state index is 0.0438. The third kappa shape index (κ3) is 5.12. The Balaban J connectivity index is 1.27. The van der Waals surface area contributed by atoms with Crippen LogP contribution in [0.5, 0.6) is 5.88 Å². The first-order valence-electron chi connectivity index (χ1n) is 11.5. The SMILES string of the molecule is Cc1cc(-c2ccc(-c3nc4cc(F)c(Cl)cc4[nH]3)cn2)cnc1O[C@H]1CC[C@H](CC(=O)O)CC1. The van der Waals surface area contributed by atoms with Crippen molar-refractivity contribution in [3.05, 3.63) is 59.1 Å². The normalized spacial score (nSPS) is 18.0. The largest absolute Gasteiger partial charge is 0.481 e. The number of nitrogens with one attached hydrogen (secondary N) is 1. The van der Waals surface area contributed by atoms with E-state index >= 15 is 0 Å². The van der Waals surface area contributed by atoms with Crippen LogP contribution < -0.4 is 4.74 Å². The minimum Gasteiger partial charge on any atom is -0.481 e. The number of halogens is 2. The molecule has 0 aliphatic heterocycles. The van der Waals surface area contributed by atoms with Crippen molar-refractivity contribution in [2.45, 2.75) is 45.1 Å². The van der Waals surface area contributed by atoms with Gasteiger partial charge >= 0.3 is 5.97 Å². The highest BCUT2D eigenvalue weighted by molar-refractivity contribution is 6.31. The van der Waals surface area contributed by atoms with Gasteiger partial charge in [-0.2, -0.15) is 0 Å². The number of hydrogen-bond donors (Lipinski definition) is 2. The standard InChI is InChI=1S/C26H24ClFN4O3/c1-14-8-17(13-30-26(14)35-18-5-2-15(3-6-18)9-24(33)34)21-7-4-16(12-29-21)25-31-22-10-19(27)20(28)11-23(22)32-25/h4,7-8,10-13,15,18H,2-3,5-6,9H2,1H3,(H,31,32)(H,33,34)/t15-,18-. The number of imidazole rings is 1. The van der Waals surface area contributed by atoms with Crippen LogP contribution in [0.3, 0.4) is 0 Å². The number of carbonyl (C=O) groups is 1. The molecule has 1 aliphatic rings. The third-order valence-corrected chi connectivity index (χ3v) is 6.71. The summed E-state index contributed by atoms with van der Waals surface area (Å²) in [4.78, 5) is 27.6. The Bertz CT molecular complexity index is 1340. The number of aromatic amines is 1. The van der Waals surface area contributed by atoms with Crippen molar-refractivity contribution in [2.75, 3.05) is 0 Å². The van der Waals surface area contributed by atoms with Crippen molar-refractivity contribution in [2.24, 2.45) is 5.92 Å². The van der Waals surface area contributed by atoms with Gasteiger partial charge in [-0.05, 0) is 62.8 Å². The summed E-state index contributed by atoms with van der Waals surface area (Å²) < 4.78 is 19.8. The Kier molecular flexibility index (Phi) is 6.38. The molecule has 2 N–H and O–H groups in total. The van der Waals surface area contributed by atoms with Gasteiger partial charge in [0.2, 0.25) is 5.88 Å². The summed E-state index contributed by atoms with van der Waals surface area (Å²) in [7, 11) is 0. The number of hydrogen-bond acceptors (Lipinski definition) is 5. The molecule has 0 bridgehead atoms. The van der Waals surface area contributed by atoms with Crippen molar-refractivity contribution in [1.82, 2.24) is 19.9 Å². The quantitative estimate of drug-likeness (QED) is 0.331. The van der Waals surface area contributed by atoms with E-state index < -0.39 is 11.8 Å². The molecule has 0 radical (unpaired) electrons. The number of aryl methyl sites for hydroxylation is 1. The molecule has 9 heteroatoms. The van der Waals surface area contributed by atoms with E-state index in [2.05, 4.69) is 19.9 Å². The van der Waals surface area contributed by atoms with Gasteiger partial charge in [0.1, 0.15) is 17.7 Å². The van der Waals surface area contributed by atoms with Crippen molar-refractivity contribution in [1.29, 1.82) is 0 Å². The van der Waals surface area contributed by atoms with Crippen molar-refractivity contribution >= 4 is 28.6 Å². The molecule has 0 atom stereocenters. The number of H-pyrrole nitrogens is 1. The van der Waals surface area contributed by atoms with Crippen LogP contribution in [0.25, 0.3) is 33.7 Å². The van der Waals surface area contributed by atoms with Crippen molar-refractivity contribution in [3.63, 3.8) is 0 Å². The average Bonchev–Trinajstić information content (AvgIpc) is 3.24. The second kappa shape index (κ2) is 9.62. The zero-order valence-electron chi connectivity index (χ0n) is 19.1. The van der Waals surface area contributed by atoms with Gasteiger partial charge in [0.15, 0.2) is 0 Å². The molecular weight excluding hydrogens is 471 g/mol. The molecule has 0 saturated heterocycles. The van der Waals surface area contributed by atoms with Crippen LogP contribution in [0, 0.1) is 18.7 Å². The predicted molar refractivity (Wildman–Crippen MR) is 131 cm³/mol. The topological polar surface area (TPSA) is 101 Å². The number of rotatable bonds is 6. The highest BCUT2D eigenvalue weighted by atomic mass is 35.5. The summed E-state index contributed by atoms with van der Waals surface area (Å²) in [6, 6.07) is 8.60. The highest BCUT2D eigenvalue weighted by Gasteiger charge is 2.25. The van der Waals surface area contributed by atoms with Gasteiger partial charge in [-0.15, -0.1) is 0 Å². The van der Waals surface area contributed by atoms with Crippen LogP contribution in [-0.2, 0) is 4.79 Å². The van der Waals surface area contributed by atoms with E-state index in [1.54, 1.807) is 12.4 Å². The first-order valence-corrected chi connectivity index (χ1v) is 11.9. The molecule has 3 heterocycles. The van der Waals surface area contributed by atoms with Gasteiger partial charge in [-0.1, -0.05) is 11.6 Å². The zero-order valence-corrected chi connectivity index (χ0v) is 19.8. The highest BCUT2D eigenvalue weighted by Crippen LogP contribution is 2.31. The maximum atomic E-state index is 13.7. The number of nitrogens with zero attached hydrogens (tertiary/aromatic N) is 3. The lowest BCUT2D eigenvalue weighted by Crippen LogP contribution is -2.25. The molecule has 5 rings (SSSR count). The Morgan fingerprint density at radius 3 is 2.60 bits per heavy atom. The Morgan fingerprint density at radius 2 is 1.91 bits per heavy atom.